The molecule has 1 aliphatic rings. The molecule has 0 unspecified atom stereocenters. The number of unbranched alkanes of at least 4 members (excludes halogenated alkanes) is 1. The Bertz CT molecular complexity index is 522. The molecule has 0 aromatic rings. The standard InChI is InChI=1S/C13H24N3O7P/c14-6-2-1-4-9(15-11(17)8-24(21,22)23)12(18)16-7-3-5-10(16)13(19)20/h9-10H,1-8,14H2,(H,15,17)(H,19,20)(H2,21,22,23)/t9-,10-/m0/s1. The van der Waals surface area contributed by atoms with E-state index in [1.807, 2.05) is 0 Å². The van der Waals surface area contributed by atoms with E-state index in [0.717, 1.165) is 0 Å². The molecule has 24 heavy (non-hydrogen) atoms. The van der Waals surface area contributed by atoms with Gasteiger partial charge in [0.25, 0.3) is 0 Å². The molecule has 0 saturated carbocycles. The van der Waals surface area contributed by atoms with E-state index in [1.54, 1.807) is 0 Å². The molecule has 1 saturated heterocycles. The van der Waals surface area contributed by atoms with E-state index < -0.39 is 43.6 Å². The number of hydrogen-bond donors (Lipinski definition) is 5. The second kappa shape index (κ2) is 9.12. The first kappa shape index (κ1) is 20.6. The van der Waals surface area contributed by atoms with Gasteiger partial charge in [-0.3, -0.25) is 14.2 Å². The van der Waals surface area contributed by atoms with E-state index in [2.05, 4.69) is 5.32 Å². The second-order valence-electron chi connectivity index (χ2n) is 5.76. The number of hydrogen-bond acceptors (Lipinski definition) is 5. The van der Waals surface area contributed by atoms with Crippen molar-refractivity contribution in [2.24, 2.45) is 5.73 Å². The fourth-order valence-corrected chi connectivity index (χ4v) is 3.13. The summed E-state index contributed by atoms with van der Waals surface area (Å²) in [5, 5.41) is 11.5. The van der Waals surface area contributed by atoms with Crippen molar-refractivity contribution in [1.29, 1.82) is 0 Å². The summed E-state index contributed by atoms with van der Waals surface area (Å²) in [5.41, 5.74) is 5.40. The Morgan fingerprint density at radius 1 is 1.29 bits per heavy atom. The normalized spacial score (nSPS) is 19.1. The maximum atomic E-state index is 12.6. The Balaban J connectivity index is 2.79. The van der Waals surface area contributed by atoms with E-state index >= 15 is 0 Å². The average Bonchev–Trinajstić information content (AvgIpc) is 2.93. The van der Waals surface area contributed by atoms with Gasteiger partial charge in [0.05, 0.1) is 0 Å². The first-order valence-corrected chi connectivity index (χ1v) is 9.52. The summed E-state index contributed by atoms with van der Waals surface area (Å²) < 4.78 is 10.9. The third-order valence-corrected chi connectivity index (χ3v) is 4.45. The van der Waals surface area contributed by atoms with Crippen LogP contribution in [0.25, 0.3) is 0 Å². The number of nitrogens with one attached hydrogen (secondary N) is 1. The van der Waals surface area contributed by atoms with Gasteiger partial charge in [0.1, 0.15) is 18.2 Å². The number of rotatable bonds is 9. The van der Waals surface area contributed by atoms with Crippen molar-refractivity contribution in [3.8, 4) is 0 Å². The smallest absolute Gasteiger partial charge is 0.334 e. The third kappa shape index (κ3) is 6.56. The highest BCUT2D eigenvalue weighted by Crippen LogP contribution is 2.33. The predicted molar refractivity (Wildman–Crippen MR) is 84.1 cm³/mol. The number of carbonyl (C=O) groups is 3. The lowest BCUT2D eigenvalue weighted by Gasteiger charge is -2.27. The van der Waals surface area contributed by atoms with E-state index in [9.17, 15) is 18.9 Å². The number of carboxylic acid groups (broad SMARTS) is 1. The van der Waals surface area contributed by atoms with Crippen molar-refractivity contribution in [3.63, 3.8) is 0 Å². The number of likely N-dealkylation sites (tertiary alicyclic amines) is 1. The Labute approximate surface area is 139 Å². The fraction of sp³-hybridized carbons (Fsp3) is 0.769. The molecule has 0 aromatic heterocycles. The van der Waals surface area contributed by atoms with E-state index in [0.29, 0.717) is 32.2 Å². The molecular weight excluding hydrogens is 341 g/mol. The number of nitrogens with zero attached hydrogens (tertiary/aromatic N) is 1. The largest absolute Gasteiger partial charge is 0.480 e. The van der Waals surface area contributed by atoms with Crippen molar-refractivity contribution in [3.05, 3.63) is 0 Å². The van der Waals surface area contributed by atoms with E-state index in [4.69, 9.17) is 20.6 Å². The Kier molecular flexibility index (Phi) is 7.82. The van der Waals surface area contributed by atoms with Crippen molar-refractivity contribution in [2.45, 2.75) is 44.2 Å². The van der Waals surface area contributed by atoms with Crippen LogP contribution in [-0.2, 0) is 18.9 Å². The molecule has 2 atom stereocenters. The molecule has 2 amide bonds. The van der Waals surface area contributed by atoms with Crippen LogP contribution in [0.5, 0.6) is 0 Å². The zero-order valence-corrected chi connectivity index (χ0v) is 14.2. The summed E-state index contributed by atoms with van der Waals surface area (Å²) in [5.74, 6) is -2.60. The molecule has 11 heteroatoms. The molecule has 10 nitrogen and oxygen atoms in total. The molecule has 0 radical (unpaired) electrons. The van der Waals surface area contributed by atoms with Crippen LogP contribution in [0.4, 0.5) is 0 Å². The average molecular weight is 365 g/mol. The maximum absolute atomic E-state index is 12.6. The van der Waals surface area contributed by atoms with Crippen LogP contribution in [0.15, 0.2) is 0 Å². The Morgan fingerprint density at radius 3 is 2.50 bits per heavy atom. The minimum atomic E-state index is -4.54. The van der Waals surface area contributed by atoms with Crippen LogP contribution >= 0.6 is 7.60 Å². The Morgan fingerprint density at radius 2 is 1.96 bits per heavy atom. The summed E-state index contributed by atoms with van der Waals surface area (Å²) >= 11 is 0. The van der Waals surface area contributed by atoms with Crippen LogP contribution in [0.1, 0.15) is 32.1 Å². The van der Waals surface area contributed by atoms with Crippen LogP contribution in [0, 0.1) is 0 Å². The quantitative estimate of drug-likeness (QED) is 0.252. The molecule has 0 bridgehead atoms. The van der Waals surface area contributed by atoms with Crippen LogP contribution in [-0.4, -0.2) is 68.9 Å². The highest BCUT2D eigenvalue weighted by Gasteiger charge is 2.37. The van der Waals surface area contributed by atoms with Crippen LogP contribution in [0.3, 0.4) is 0 Å². The topological polar surface area (TPSA) is 170 Å². The summed E-state index contributed by atoms with van der Waals surface area (Å²) in [6, 6.07) is -1.95. The van der Waals surface area contributed by atoms with E-state index in [1.165, 1.54) is 4.90 Å². The van der Waals surface area contributed by atoms with Gasteiger partial charge in [-0.2, -0.15) is 0 Å². The first-order chi connectivity index (χ1) is 11.2. The number of amides is 2. The first-order valence-electron chi connectivity index (χ1n) is 7.73. The Hall–Kier alpha value is -1.48. The number of carbonyl (C=O) groups excluding carboxylic acids is 2. The van der Waals surface area contributed by atoms with E-state index in [-0.39, 0.29) is 13.0 Å². The lowest BCUT2D eigenvalue weighted by molar-refractivity contribution is -0.149. The minimum Gasteiger partial charge on any atom is -0.480 e. The number of aliphatic carboxylic acids is 1. The molecule has 0 aromatic carbocycles. The minimum absolute atomic E-state index is 0.228. The molecule has 138 valence electrons. The lowest BCUT2D eigenvalue weighted by Crippen LogP contribution is -2.52. The summed E-state index contributed by atoms with van der Waals surface area (Å²) in [4.78, 5) is 54.4. The van der Waals surface area contributed by atoms with Crippen molar-refractivity contribution < 1.29 is 33.8 Å². The highest BCUT2D eigenvalue weighted by atomic mass is 31.2. The molecule has 1 aliphatic heterocycles. The van der Waals surface area contributed by atoms with Gasteiger partial charge >= 0.3 is 13.6 Å². The molecular formula is C13H24N3O7P. The summed E-state index contributed by atoms with van der Waals surface area (Å²) in [6.45, 7) is 0.677. The molecule has 1 fully saturated rings. The van der Waals surface area contributed by atoms with Gasteiger partial charge in [0, 0.05) is 6.54 Å². The van der Waals surface area contributed by atoms with Crippen molar-refractivity contribution in [2.75, 3.05) is 19.3 Å². The molecule has 1 rings (SSSR count). The summed E-state index contributed by atoms with van der Waals surface area (Å²) in [6.07, 6.45) is 1.23. The fourth-order valence-electron chi connectivity index (χ4n) is 2.66. The molecule has 1 heterocycles. The molecule has 0 spiro atoms. The number of nitrogens with two attached hydrogens (primary N) is 1. The summed E-state index contributed by atoms with van der Waals surface area (Å²) in [7, 11) is -4.54. The van der Waals surface area contributed by atoms with Crippen LogP contribution < -0.4 is 11.1 Å². The van der Waals surface area contributed by atoms with Gasteiger partial charge in [-0.15, -0.1) is 0 Å². The van der Waals surface area contributed by atoms with Crippen LogP contribution in [0.2, 0.25) is 0 Å². The van der Waals surface area contributed by atoms with Gasteiger partial charge in [-0.05, 0) is 38.6 Å². The molecule has 0 aliphatic carbocycles. The highest BCUT2D eigenvalue weighted by molar-refractivity contribution is 7.52. The van der Waals surface area contributed by atoms with Gasteiger partial charge in [-0.1, -0.05) is 0 Å². The zero-order chi connectivity index (χ0) is 18.3. The second-order valence-corrected chi connectivity index (χ2v) is 7.40. The molecule has 6 N–H and O–H groups in total. The van der Waals surface area contributed by atoms with Crippen molar-refractivity contribution >= 4 is 25.4 Å². The van der Waals surface area contributed by atoms with Crippen molar-refractivity contribution in [1.82, 2.24) is 10.2 Å². The van der Waals surface area contributed by atoms with Gasteiger partial charge < -0.3 is 30.8 Å². The van der Waals surface area contributed by atoms with Gasteiger partial charge in [-0.25, -0.2) is 4.79 Å². The van der Waals surface area contributed by atoms with Gasteiger partial charge in [0.2, 0.25) is 11.8 Å². The third-order valence-electron chi connectivity index (χ3n) is 3.75. The number of carboxylic acids is 1. The van der Waals surface area contributed by atoms with Gasteiger partial charge in [0.15, 0.2) is 0 Å². The zero-order valence-electron chi connectivity index (χ0n) is 13.3. The maximum Gasteiger partial charge on any atom is 0.334 e. The lowest BCUT2D eigenvalue weighted by atomic mass is 10.1. The monoisotopic (exact) mass is 365 g/mol. The predicted octanol–water partition coefficient (Wildman–Crippen LogP) is -1.15. The SMILES string of the molecule is NCCCC[C@H](NC(=O)CP(=O)(O)O)C(=O)N1CCC[C@H]1C(=O)O.